The molecule has 0 unspecified atom stereocenters. The van der Waals surface area contributed by atoms with Gasteiger partial charge in [0.15, 0.2) is 13.2 Å². The van der Waals surface area contributed by atoms with Crippen molar-refractivity contribution in [3.05, 3.63) is 131 Å². The molecule has 2 saturated carbocycles. The minimum atomic E-state index is -0.189. The van der Waals surface area contributed by atoms with E-state index >= 15 is 0 Å². The summed E-state index contributed by atoms with van der Waals surface area (Å²) in [5.41, 5.74) is 2.61. The van der Waals surface area contributed by atoms with Crippen LogP contribution in [-0.4, -0.2) is 86.2 Å². The summed E-state index contributed by atoms with van der Waals surface area (Å²) in [7, 11) is 8.54. The quantitative estimate of drug-likeness (QED) is 0.126. The normalized spacial score (nSPS) is 21.9. The summed E-state index contributed by atoms with van der Waals surface area (Å²) < 4.78 is 24.7. The molecule has 0 bridgehead atoms. The van der Waals surface area contributed by atoms with Crippen LogP contribution in [0.25, 0.3) is 0 Å². The van der Waals surface area contributed by atoms with E-state index in [4.69, 9.17) is 21.1 Å². The zero-order valence-corrected chi connectivity index (χ0v) is 34.8. The van der Waals surface area contributed by atoms with E-state index in [2.05, 4.69) is 79.0 Å². The van der Waals surface area contributed by atoms with Crippen molar-refractivity contribution in [2.45, 2.75) is 93.8 Å². The Kier molecular flexibility index (Phi) is 16.4. The number of hydrogen-bond acceptors (Lipinski definition) is 6. The predicted octanol–water partition coefficient (Wildman–Crippen LogP) is 8.52. The number of rotatable bonds is 15. The standard InChI is InChI=1S/C24H31ClN2O2.C23H29FN2O2/c1-27(2)24(14-11-19-7-4-3-5-8-19)15-12-21(13-16-24)26-23(28)18-29-22-10-6-9-20(25)17-22;1-26(2)23(16-18-7-6-8-19(24)15-18)13-11-20(12-14-23)25-22(27)17-28-21-9-4-3-5-10-21/h3-10,17,21H,11-16,18H2,1-2H3,(H,26,28);3-10,15,20H,11-14,16-17H2,1-2H3,(H,25,27). The van der Waals surface area contributed by atoms with Crippen molar-refractivity contribution >= 4 is 23.4 Å². The number of hydrogen-bond donors (Lipinski definition) is 2. The van der Waals surface area contributed by atoms with Gasteiger partial charge in [-0.25, -0.2) is 4.39 Å². The summed E-state index contributed by atoms with van der Waals surface area (Å²) in [5.74, 6) is 0.963. The lowest BCUT2D eigenvalue weighted by atomic mass is 9.75. The fourth-order valence-electron chi connectivity index (χ4n) is 8.26. The topological polar surface area (TPSA) is 83.1 Å². The van der Waals surface area contributed by atoms with Gasteiger partial charge in [-0.2, -0.15) is 0 Å². The number of amides is 2. The molecule has 0 heterocycles. The molecule has 2 N–H and O–H groups in total. The third-order valence-corrected chi connectivity index (χ3v) is 12.1. The molecule has 0 aromatic heterocycles. The van der Waals surface area contributed by atoms with Gasteiger partial charge in [0, 0.05) is 28.2 Å². The van der Waals surface area contributed by atoms with Gasteiger partial charge in [0.05, 0.1) is 0 Å². The number of halogens is 2. The van der Waals surface area contributed by atoms with E-state index in [0.29, 0.717) is 16.5 Å². The Balaban J connectivity index is 0.000000218. The molecule has 4 aromatic rings. The first-order valence-electron chi connectivity index (χ1n) is 20.2. The lowest BCUT2D eigenvalue weighted by molar-refractivity contribution is -0.125. The van der Waals surface area contributed by atoms with Gasteiger partial charge in [-0.15, -0.1) is 0 Å². The van der Waals surface area contributed by atoms with E-state index in [9.17, 15) is 14.0 Å². The molecule has 2 fully saturated rings. The number of aryl methyl sites for hydroxylation is 1. The highest BCUT2D eigenvalue weighted by atomic mass is 35.5. The molecule has 6 rings (SSSR count). The molecule has 57 heavy (non-hydrogen) atoms. The van der Waals surface area contributed by atoms with Crippen LogP contribution >= 0.6 is 11.6 Å². The Morgan fingerprint density at radius 1 is 0.649 bits per heavy atom. The number of nitrogens with one attached hydrogen (secondary N) is 2. The zero-order chi connectivity index (χ0) is 40.7. The molecule has 0 atom stereocenters. The van der Waals surface area contributed by atoms with Gasteiger partial charge < -0.3 is 29.9 Å². The van der Waals surface area contributed by atoms with Gasteiger partial charge in [-0.1, -0.05) is 78.3 Å². The minimum absolute atomic E-state index is 0.00441. The maximum Gasteiger partial charge on any atom is 0.258 e. The highest BCUT2D eigenvalue weighted by Gasteiger charge is 2.38. The van der Waals surface area contributed by atoms with Crippen molar-refractivity contribution < 1.29 is 23.5 Å². The molecule has 0 radical (unpaired) electrons. The second-order valence-corrected chi connectivity index (χ2v) is 16.5. The number of para-hydroxylation sites is 1. The Morgan fingerprint density at radius 2 is 1.14 bits per heavy atom. The van der Waals surface area contributed by atoms with E-state index in [0.717, 1.165) is 76.2 Å². The number of nitrogens with zero attached hydrogens (tertiary/aromatic N) is 2. The summed E-state index contributed by atoms with van der Waals surface area (Å²) in [6, 6.07) is 34.4. The second-order valence-electron chi connectivity index (χ2n) is 16.1. The number of benzene rings is 4. The van der Waals surface area contributed by atoms with E-state index in [1.54, 1.807) is 30.3 Å². The SMILES string of the molecule is CN(C)C1(CCc2ccccc2)CCC(NC(=O)COc2cccc(Cl)c2)CC1.CN(C)C1(Cc2cccc(F)c2)CCC(NC(=O)COc2ccccc2)CC1. The largest absolute Gasteiger partial charge is 0.484 e. The van der Waals surface area contributed by atoms with Gasteiger partial charge in [-0.3, -0.25) is 9.59 Å². The monoisotopic (exact) mass is 798 g/mol. The molecular formula is C47H60ClFN4O4. The minimum Gasteiger partial charge on any atom is -0.484 e. The van der Waals surface area contributed by atoms with Crippen LogP contribution in [0, 0.1) is 5.82 Å². The Morgan fingerprint density at radius 3 is 1.68 bits per heavy atom. The number of carbonyl (C=O) groups excluding carboxylic acids is 2. The van der Waals surface area contributed by atoms with Gasteiger partial charge in [0.1, 0.15) is 17.3 Å². The van der Waals surface area contributed by atoms with Crippen LogP contribution in [0.1, 0.15) is 68.9 Å². The lowest BCUT2D eigenvalue weighted by Crippen LogP contribution is -2.52. The summed E-state index contributed by atoms with van der Waals surface area (Å²) >= 11 is 5.95. The molecule has 0 spiro atoms. The summed E-state index contributed by atoms with van der Waals surface area (Å²) in [6.45, 7) is 0.0479. The van der Waals surface area contributed by atoms with Crippen LogP contribution in [0.4, 0.5) is 4.39 Å². The summed E-state index contributed by atoms with van der Waals surface area (Å²) in [5, 5.41) is 6.84. The number of likely N-dealkylation sites (N-methyl/N-ethyl adjacent to an activating group) is 1. The first kappa shape index (κ1) is 43.7. The van der Waals surface area contributed by atoms with Crippen LogP contribution < -0.4 is 20.1 Å². The Labute approximate surface area is 344 Å². The van der Waals surface area contributed by atoms with Crippen molar-refractivity contribution in [1.82, 2.24) is 20.4 Å². The van der Waals surface area contributed by atoms with Crippen LogP contribution in [0.2, 0.25) is 5.02 Å². The molecule has 2 amide bonds. The van der Waals surface area contributed by atoms with Crippen molar-refractivity contribution in [3.8, 4) is 11.5 Å². The Bertz CT molecular complexity index is 1830. The maximum atomic E-state index is 13.6. The number of ether oxygens (including phenoxy) is 2. The molecule has 2 aliphatic rings. The van der Waals surface area contributed by atoms with Gasteiger partial charge in [-0.05, 0) is 152 Å². The van der Waals surface area contributed by atoms with Crippen LogP contribution in [-0.2, 0) is 22.4 Å². The van der Waals surface area contributed by atoms with Crippen molar-refractivity contribution in [2.75, 3.05) is 41.4 Å². The highest BCUT2D eigenvalue weighted by molar-refractivity contribution is 6.30. The summed E-state index contributed by atoms with van der Waals surface area (Å²) in [6.07, 6.45) is 10.9. The molecule has 2 aliphatic carbocycles. The van der Waals surface area contributed by atoms with Crippen LogP contribution in [0.3, 0.4) is 0 Å². The average Bonchev–Trinajstić information content (AvgIpc) is 3.21. The molecule has 0 saturated heterocycles. The second kappa shape index (κ2) is 21.4. The zero-order valence-electron chi connectivity index (χ0n) is 34.0. The van der Waals surface area contributed by atoms with Gasteiger partial charge >= 0.3 is 0 Å². The average molecular weight is 799 g/mol. The molecule has 306 valence electrons. The smallest absolute Gasteiger partial charge is 0.258 e. The number of carbonyl (C=O) groups is 2. The van der Waals surface area contributed by atoms with Crippen LogP contribution in [0.5, 0.6) is 11.5 Å². The highest BCUT2D eigenvalue weighted by Crippen LogP contribution is 2.37. The molecule has 10 heteroatoms. The first-order chi connectivity index (χ1) is 27.4. The molecule has 0 aliphatic heterocycles. The maximum absolute atomic E-state index is 13.6. The third kappa shape index (κ3) is 13.6. The van der Waals surface area contributed by atoms with E-state index in [1.807, 2.05) is 42.5 Å². The Hall–Kier alpha value is -4.44. The summed E-state index contributed by atoms with van der Waals surface area (Å²) in [4.78, 5) is 29.2. The predicted molar refractivity (Wildman–Crippen MR) is 227 cm³/mol. The molecule has 8 nitrogen and oxygen atoms in total. The van der Waals surface area contributed by atoms with Gasteiger partial charge in [0.2, 0.25) is 0 Å². The fourth-order valence-corrected chi connectivity index (χ4v) is 8.44. The molecule has 4 aromatic carbocycles. The lowest BCUT2D eigenvalue weighted by Gasteiger charge is -2.45. The van der Waals surface area contributed by atoms with Crippen molar-refractivity contribution in [2.24, 2.45) is 0 Å². The molecular weight excluding hydrogens is 739 g/mol. The van der Waals surface area contributed by atoms with E-state index < -0.39 is 0 Å². The van der Waals surface area contributed by atoms with Crippen molar-refractivity contribution in [3.63, 3.8) is 0 Å². The third-order valence-electron chi connectivity index (χ3n) is 11.9. The van der Waals surface area contributed by atoms with E-state index in [1.165, 1.54) is 11.6 Å². The first-order valence-corrected chi connectivity index (χ1v) is 20.6. The van der Waals surface area contributed by atoms with Crippen LogP contribution in [0.15, 0.2) is 109 Å². The van der Waals surface area contributed by atoms with E-state index in [-0.39, 0.29) is 54.0 Å². The van der Waals surface area contributed by atoms with Gasteiger partial charge in [0.25, 0.3) is 11.8 Å². The fraction of sp³-hybridized carbons (Fsp3) is 0.447. The van der Waals surface area contributed by atoms with Crippen molar-refractivity contribution in [1.29, 1.82) is 0 Å².